The third-order valence-electron chi connectivity index (χ3n) is 3.66. The molecule has 0 N–H and O–H groups in total. The molecule has 2 nitrogen and oxygen atoms in total. The van der Waals surface area contributed by atoms with Gasteiger partial charge in [0.25, 0.3) is 0 Å². The highest BCUT2D eigenvalue weighted by atomic mass is 35.5. The zero-order valence-corrected chi connectivity index (χ0v) is 12.0. The summed E-state index contributed by atoms with van der Waals surface area (Å²) in [5.74, 6) is -0.135. The zero-order valence-electron chi connectivity index (χ0n) is 10.5. The van der Waals surface area contributed by atoms with Crippen molar-refractivity contribution in [1.82, 2.24) is 4.98 Å². The van der Waals surface area contributed by atoms with E-state index in [0.29, 0.717) is 26.8 Å². The van der Waals surface area contributed by atoms with Crippen molar-refractivity contribution in [2.45, 2.75) is 13.8 Å². The summed E-state index contributed by atoms with van der Waals surface area (Å²) in [5, 5.41) is 1.98. The maximum atomic E-state index is 12.3. The van der Waals surface area contributed by atoms with Crippen LogP contribution in [0.4, 0.5) is 0 Å². The fraction of sp³-hybridized carbons (Fsp3) is 0.200. The van der Waals surface area contributed by atoms with E-state index in [1.54, 1.807) is 6.07 Å². The Balaban J connectivity index is 2.41. The molecule has 96 valence electrons. The van der Waals surface area contributed by atoms with Crippen molar-refractivity contribution < 1.29 is 4.79 Å². The number of fused-ring (bicyclic) bond motifs is 2. The average molecular weight is 292 g/mol. The number of hydrogen-bond donors (Lipinski definition) is 0. The molecule has 1 aliphatic rings. The number of halogens is 2. The molecule has 1 heterocycles. The zero-order chi connectivity index (χ0) is 13.7. The van der Waals surface area contributed by atoms with Gasteiger partial charge in [0.2, 0.25) is 0 Å². The van der Waals surface area contributed by atoms with Crippen LogP contribution in [-0.4, -0.2) is 10.8 Å². The van der Waals surface area contributed by atoms with Crippen LogP contribution in [0.1, 0.15) is 29.9 Å². The van der Waals surface area contributed by atoms with Crippen molar-refractivity contribution in [2.24, 2.45) is 5.92 Å². The Bertz CT molecular complexity index is 749. The van der Waals surface area contributed by atoms with Crippen molar-refractivity contribution in [3.63, 3.8) is 0 Å². The van der Waals surface area contributed by atoms with E-state index in [1.165, 1.54) is 0 Å². The third-order valence-corrected chi connectivity index (χ3v) is 4.44. The molecule has 0 fully saturated rings. The molecule has 0 radical (unpaired) electrons. The Labute approximate surface area is 121 Å². The number of rotatable bonds is 0. The lowest BCUT2D eigenvalue weighted by Crippen LogP contribution is -2.20. The molecule has 1 aliphatic carbocycles. The van der Waals surface area contributed by atoms with Gasteiger partial charge in [-0.2, -0.15) is 0 Å². The Morgan fingerprint density at radius 3 is 2.74 bits per heavy atom. The van der Waals surface area contributed by atoms with Crippen molar-refractivity contribution in [3.05, 3.63) is 46.1 Å². The molecule has 0 saturated carbocycles. The molecule has 0 amide bonds. The second-order valence-electron chi connectivity index (χ2n) is 4.78. The van der Waals surface area contributed by atoms with E-state index in [1.807, 2.05) is 32.0 Å². The first-order chi connectivity index (χ1) is 9.00. The Morgan fingerprint density at radius 2 is 2.00 bits per heavy atom. The predicted octanol–water partition coefficient (Wildman–Crippen LogP) is 4.69. The second-order valence-corrected chi connectivity index (χ2v) is 5.56. The number of allylic oxidation sites excluding steroid dienone is 1. The highest BCUT2D eigenvalue weighted by Crippen LogP contribution is 2.37. The second kappa shape index (κ2) is 4.32. The third kappa shape index (κ3) is 1.78. The van der Waals surface area contributed by atoms with E-state index in [0.717, 1.165) is 11.0 Å². The topological polar surface area (TPSA) is 30.0 Å². The molecule has 19 heavy (non-hydrogen) atoms. The minimum atomic E-state index is -0.196. The minimum absolute atomic E-state index is 0.0614. The van der Waals surface area contributed by atoms with E-state index in [-0.39, 0.29) is 11.7 Å². The van der Waals surface area contributed by atoms with Crippen LogP contribution in [0.5, 0.6) is 0 Å². The lowest BCUT2D eigenvalue weighted by molar-refractivity contribution is 0.0945. The number of para-hydroxylation sites is 1. The summed E-state index contributed by atoms with van der Waals surface area (Å²) in [6.07, 6.45) is 0. The average Bonchev–Trinajstić information content (AvgIpc) is 2.42. The largest absolute Gasteiger partial charge is 0.293 e. The Hall–Kier alpha value is -1.38. The monoisotopic (exact) mass is 291 g/mol. The van der Waals surface area contributed by atoms with Gasteiger partial charge < -0.3 is 0 Å². The summed E-state index contributed by atoms with van der Waals surface area (Å²) in [5.41, 5.74) is 2.66. The van der Waals surface area contributed by atoms with Gasteiger partial charge in [-0.25, -0.2) is 4.98 Å². The SMILES string of the molecule is CC1=C(Cl)c2nc3c(Cl)cccc3cc2C(=O)C1C. The van der Waals surface area contributed by atoms with Gasteiger partial charge in [0.15, 0.2) is 5.78 Å². The molecule has 2 aromatic rings. The van der Waals surface area contributed by atoms with E-state index in [4.69, 9.17) is 23.2 Å². The van der Waals surface area contributed by atoms with E-state index < -0.39 is 0 Å². The number of pyridine rings is 1. The van der Waals surface area contributed by atoms with Crippen LogP contribution in [0.2, 0.25) is 5.02 Å². The quantitative estimate of drug-likeness (QED) is 0.705. The Kier molecular flexibility index (Phi) is 2.88. The molecular formula is C15H11Cl2NO. The maximum absolute atomic E-state index is 12.3. The fourth-order valence-electron chi connectivity index (χ4n) is 2.32. The molecule has 1 atom stereocenters. The summed E-state index contributed by atoms with van der Waals surface area (Å²) in [6, 6.07) is 7.35. The van der Waals surface area contributed by atoms with Gasteiger partial charge >= 0.3 is 0 Å². The number of benzene rings is 1. The van der Waals surface area contributed by atoms with Gasteiger partial charge in [0.1, 0.15) is 0 Å². The molecule has 1 aromatic heterocycles. The highest BCUT2D eigenvalue weighted by molar-refractivity contribution is 6.50. The summed E-state index contributed by atoms with van der Waals surface area (Å²) in [7, 11) is 0. The molecule has 3 rings (SSSR count). The van der Waals surface area contributed by atoms with Crippen LogP contribution in [0.3, 0.4) is 0 Å². The van der Waals surface area contributed by atoms with Crippen LogP contribution in [0.25, 0.3) is 15.9 Å². The van der Waals surface area contributed by atoms with Gasteiger partial charge in [0, 0.05) is 16.9 Å². The standard InChI is InChI=1S/C15H11Cl2NO/c1-7-8(2)15(19)10-6-9-4-3-5-11(16)13(9)18-14(10)12(7)17/h3-6,8H,1-2H3. The van der Waals surface area contributed by atoms with Gasteiger partial charge in [-0.05, 0) is 24.6 Å². The maximum Gasteiger partial charge on any atom is 0.171 e. The summed E-state index contributed by atoms with van der Waals surface area (Å²) in [6.45, 7) is 3.73. The van der Waals surface area contributed by atoms with E-state index in [9.17, 15) is 4.79 Å². The summed E-state index contributed by atoms with van der Waals surface area (Å²) in [4.78, 5) is 16.8. The number of ketones is 1. The van der Waals surface area contributed by atoms with Crippen molar-refractivity contribution in [1.29, 1.82) is 0 Å². The van der Waals surface area contributed by atoms with Gasteiger partial charge in [-0.1, -0.05) is 42.3 Å². The van der Waals surface area contributed by atoms with Crippen LogP contribution in [0, 0.1) is 5.92 Å². The van der Waals surface area contributed by atoms with Crippen LogP contribution in [0.15, 0.2) is 29.8 Å². The molecule has 0 bridgehead atoms. The smallest absolute Gasteiger partial charge is 0.171 e. The first-order valence-electron chi connectivity index (χ1n) is 6.01. The van der Waals surface area contributed by atoms with E-state index in [2.05, 4.69) is 4.98 Å². The molecule has 1 aromatic carbocycles. The first kappa shape index (κ1) is 12.6. The number of carbonyl (C=O) groups excluding carboxylic acids is 1. The van der Waals surface area contributed by atoms with Crippen LogP contribution >= 0.6 is 23.2 Å². The number of aromatic nitrogens is 1. The van der Waals surface area contributed by atoms with Crippen LogP contribution in [-0.2, 0) is 0 Å². The molecule has 0 aliphatic heterocycles. The van der Waals surface area contributed by atoms with E-state index >= 15 is 0 Å². The fourth-order valence-corrected chi connectivity index (χ4v) is 2.86. The molecule has 1 unspecified atom stereocenters. The number of Topliss-reactive ketones (excluding diaryl/α,β-unsaturated/α-hetero) is 1. The van der Waals surface area contributed by atoms with Gasteiger partial charge in [-0.15, -0.1) is 0 Å². The number of carbonyl (C=O) groups is 1. The van der Waals surface area contributed by atoms with Crippen molar-refractivity contribution in [2.75, 3.05) is 0 Å². The first-order valence-corrected chi connectivity index (χ1v) is 6.76. The molecule has 4 heteroatoms. The molecule has 0 saturated heterocycles. The predicted molar refractivity (Wildman–Crippen MR) is 78.7 cm³/mol. The number of hydrogen-bond acceptors (Lipinski definition) is 2. The van der Waals surface area contributed by atoms with Crippen molar-refractivity contribution in [3.8, 4) is 0 Å². The van der Waals surface area contributed by atoms with Gasteiger partial charge in [0.05, 0.1) is 21.3 Å². The minimum Gasteiger partial charge on any atom is -0.293 e. The molecule has 0 spiro atoms. The normalized spacial score (nSPS) is 18.9. The molecular weight excluding hydrogens is 281 g/mol. The highest BCUT2D eigenvalue weighted by Gasteiger charge is 2.30. The number of nitrogens with zero attached hydrogens (tertiary/aromatic N) is 1. The van der Waals surface area contributed by atoms with Gasteiger partial charge in [-0.3, -0.25) is 4.79 Å². The summed E-state index contributed by atoms with van der Waals surface area (Å²) < 4.78 is 0. The lowest BCUT2D eigenvalue weighted by atomic mass is 9.85. The lowest BCUT2D eigenvalue weighted by Gasteiger charge is -2.22. The van der Waals surface area contributed by atoms with Crippen molar-refractivity contribution >= 4 is 44.9 Å². The Morgan fingerprint density at radius 1 is 1.26 bits per heavy atom. The van der Waals surface area contributed by atoms with Crippen LogP contribution < -0.4 is 0 Å². The summed E-state index contributed by atoms with van der Waals surface area (Å²) >= 11 is 12.5.